The second-order valence-corrected chi connectivity index (χ2v) is 5.63. The Kier molecular flexibility index (Phi) is 4.27. The third kappa shape index (κ3) is 7.46. The number of hydrogen-bond donors (Lipinski definition) is 0. The minimum atomic E-state index is -3.85. The Balaban J connectivity index is 3.37. The normalized spacial score (nSPS) is 14.1. The van der Waals surface area contributed by atoms with Crippen LogP contribution in [0.3, 0.4) is 0 Å². The fourth-order valence-corrected chi connectivity index (χ4v) is 1.61. The van der Waals surface area contributed by atoms with E-state index in [1.165, 1.54) is 0 Å². The van der Waals surface area contributed by atoms with Crippen molar-refractivity contribution in [1.29, 1.82) is 5.26 Å². The van der Waals surface area contributed by atoms with Crippen LogP contribution in [0.15, 0.2) is 0 Å². The van der Waals surface area contributed by atoms with E-state index >= 15 is 0 Å². The maximum absolute atomic E-state index is 12.3. The SMILES string of the molecule is CC(C#N)CCC[Si](C)(F)F. The van der Waals surface area contributed by atoms with Crippen molar-refractivity contribution in [3.05, 3.63) is 0 Å². The molecule has 4 heteroatoms. The van der Waals surface area contributed by atoms with Gasteiger partial charge in [-0.3, -0.25) is 8.22 Å². The van der Waals surface area contributed by atoms with Crippen molar-refractivity contribution in [1.82, 2.24) is 0 Å². The molecule has 0 amide bonds. The van der Waals surface area contributed by atoms with Crippen LogP contribution in [-0.2, 0) is 0 Å². The third-order valence-electron chi connectivity index (χ3n) is 1.47. The first-order valence-corrected chi connectivity index (χ1v) is 6.19. The molecule has 0 aliphatic heterocycles. The van der Waals surface area contributed by atoms with Gasteiger partial charge in [0.2, 0.25) is 0 Å². The van der Waals surface area contributed by atoms with Crippen molar-refractivity contribution in [2.24, 2.45) is 5.92 Å². The summed E-state index contributed by atoms with van der Waals surface area (Å²) in [5.74, 6) is -0.0775. The van der Waals surface area contributed by atoms with Crippen LogP contribution in [0, 0.1) is 17.2 Å². The van der Waals surface area contributed by atoms with Gasteiger partial charge >= 0.3 is 8.74 Å². The Bertz CT molecular complexity index is 148. The van der Waals surface area contributed by atoms with Crippen molar-refractivity contribution < 1.29 is 8.22 Å². The summed E-state index contributed by atoms with van der Waals surface area (Å²) in [4.78, 5) is 0. The zero-order chi connectivity index (χ0) is 8.91. The molecule has 0 bridgehead atoms. The molecule has 0 aromatic heterocycles. The molecule has 64 valence electrons. The van der Waals surface area contributed by atoms with Crippen LogP contribution in [-0.4, -0.2) is 8.74 Å². The molecule has 0 heterocycles. The van der Waals surface area contributed by atoms with Crippen LogP contribution < -0.4 is 0 Å². The van der Waals surface area contributed by atoms with Gasteiger partial charge < -0.3 is 0 Å². The highest BCUT2D eigenvalue weighted by Crippen LogP contribution is 2.18. The smallest absolute Gasteiger partial charge is 0.271 e. The molecule has 0 aromatic rings. The highest BCUT2D eigenvalue weighted by Gasteiger charge is 2.26. The number of rotatable bonds is 4. The molecule has 0 fully saturated rings. The van der Waals surface area contributed by atoms with E-state index in [9.17, 15) is 8.22 Å². The predicted octanol–water partition coefficient (Wildman–Crippen LogP) is 2.94. The minimum absolute atomic E-state index is 0.0268. The molecule has 0 saturated carbocycles. The maximum atomic E-state index is 12.3. The van der Waals surface area contributed by atoms with Gasteiger partial charge in [0, 0.05) is 5.92 Å². The van der Waals surface area contributed by atoms with E-state index in [0.29, 0.717) is 12.8 Å². The lowest BCUT2D eigenvalue weighted by Gasteiger charge is -2.06. The Morgan fingerprint density at radius 3 is 2.45 bits per heavy atom. The van der Waals surface area contributed by atoms with E-state index < -0.39 is 8.74 Å². The van der Waals surface area contributed by atoms with Gasteiger partial charge in [-0.25, -0.2) is 0 Å². The first kappa shape index (κ1) is 10.6. The molecule has 0 N–H and O–H groups in total. The van der Waals surface area contributed by atoms with Gasteiger partial charge in [0.25, 0.3) is 0 Å². The van der Waals surface area contributed by atoms with E-state index in [4.69, 9.17) is 5.26 Å². The van der Waals surface area contributed by atoms with Crippen LogP contribution in [0.1, 0.15) is 19.8 Å². The van der Waals surface area contributed by atoms with Crippen molar-refractivity contribution in [2.75, 3.05) is 0 Å². The summed E-state index contributed by atoms with van der Waals surface area (Å²) in [5, 5.41) is 8.34. The van der Waals surface area contributed by atoms with Crippen molar-refractivity contribution >= 4 is 8.74 Å². The summed E-state index contributed by atoms with van der Waals surface area (Å²) in [6.45, 7) is 2.80. The van der Waals surface area contributed by atoms with Crippen molar-refractivity contribution in [3.63, 3.8) is 0 Å². The third-order valence-corrected chi connectivity index (χ3v) is 2.70. The van der Waals surface area contributed by atoms with Crippen LogP contribution in [0.4, 0.5) is 8.22 Å². The van der Waals surface area contributed by atoms with Gasteiger partial charge in [0.05, 0.1) is 6.07 Å². The van der Waals surface area contributed by atoms with E-state index in [0.717, 1.165) is 6.55 Å². The number of hydrogen-bond acceptors (Lipinski definition) is 1. The number of nitriles is 1. The van der Waals surface area contributed by atoms with E-state index in [1.54, 1.807) is 6.92 Å². The predicted molar refractivity (Wildman–Crippen MR) is 42.7 cm³/mol. The van der Waals surface area contributed by atoms with Gasteiger partial charge in [-0.1, -0.05) is 0 Å². The Labute approximate surface area is 67.4 Å². The largest absolute Gasteiger partial charge is 0.422 e. The lowest BCUT2D eigenvalue weighted by atomic mass is 10.1. The van der Waals surface area contributed by atoms with Crippen LogP contribution in [0.2, 0.25) is 12.6 Å². The molecule has 0 spiro atoms. The second-order valence-electron chi connectivity index (χ2n) is 2.99. The van der Waals surface area contributed by atoms with Gasteiger partial charge in [-0.15, -0.1) is 0 Å². The number of nitrogens with zero attached hydrogens (tertiary/aromatic N) is 1. The van der Waals surface area contributed by atoms with E-state index in [2.05, 4.69) is 0 Å². The Morgan fingerprint density at radius 1 is 1.55 bits per heavy atom. The minimum Gasteiger partial charge on any atom is -0.271 e. The summed E-state index contributed by atoms with van der Waals surface area (Å²) in [6, 6.07) is 2.05. The summed E-state index contributed by atoms with van der Waals surface area (Å²) >= 11 is 0. The first-order chi connectivity index (χ1) is 4.95. The topological polar surface area (TPSA) is 23.8 Å². The molecule has 0 rings (SSSR count). The van der Waals surface area contributed by atoms with Gasteiger partial charge in [-0.05, 0) is 32.4 Å². The highest BCUT2D eigenvalue weighted by molar-refractivity contribution is 6.64. The molecular weight excluding hydrogens is 164 g/mol. The molecule has 0 radical (unpaired) electrons. The molecular formula is C7H13F2NSi. The van der Waals surface area contributed by atoms with Gasteiger partial charge in [-0.2, -0.15) is 5.26 Å². The zero-order valence-electron chi connectivity index (χ0n) is 6.90. The van der Waals surface area contributed by atoms with Crippen LogP contribution >= 0.6 is 0 Å². The van der Waals surface area contributed by atoms with E-state index in [1.807, 2.05) is 6.07 Å². The molecule has 0 aliphatic rings. The fraction of sp³-hybridized carbons (Fsp3) is 0.857. The average Bonchev–Trinajstić information content (AvgIpc) is 1.85. The first-order valence-electron chi connectivity index (χ1n) is 3.73. The van der Waals surface area contributed by atoms with E-state index in [-0.39, 0.29) is 12.0 Å². The standard InChI is InChI=1S/C7H13F2NSi/c1-7(6-10)4-3-5-11(2,8)9/h7H,3-5H2,1-2H3. The second kappa shape index (κ2) is 4.45. The Hall–Kier alpha value is -0.433. The van der Waals surface area contributed by atoms with Crippen molar-refractivity contribution in [2.45, 2.75) is 32.4 Å². The van der Waals surface area contributed by atoms with Gasteiger partial charge in [0.1, 0.15) is 0 Å². The lowest BCUT2D eigenvalue weighted by molar-refractivity contribution is 0.570. The lowest BCUT2D eigenvalue weighted by Crippen LogP contribution is -2.15. The quantitative estimate of drug-likeness (QED) is 0.478. The molecule has 1 unspecified atom stereocenters. The van der Waals surface area contributed by atoms with Crippen LogP contribution in [0.25, 0.3) is 0 Å². The zero-order valence-corrected chi connectivity index (χ0v) is 7.90. The van der Waals surface area contributed by atoms with Gasteiger partial charge in [0.15, 0.2) is 0 Å². The number of halogens is 2. The highest BCUT2D eigenvalue weighted by atomic mass is 28.4. The summed E-state index contributed by atoms with van der Waals surface area (Å²) in [5.41, 5.74) is 0. The van der Waals surface area contributed by atoms with Crippen molar-refractivity contribution in [3.8, 4) is 6.07 Å². The molecule has 1 atom stereocenters. The molecule has 0 aliphatic carbocycles. The van der Waals surface area contributed by atoms with Crippen LogP contribution in [0.5, 0.6) is 0 Å². The molecule has 0 aromatic carbocycles. The monoisotopic (exact) mass is 177 g/mol. The molecule has 11 heavy (non-hydrogen) atoms. The fourth-order valence-electron chi connectivity index (χ4n) is 0.783. The summed E-state index contributed by atoms with van der Waals surface area (Å²) in [6.07, 6.45) is 1.09. The summed E-state index contributed by atoms with van der Waals surface area (Å²) < 4.78 is 24.7. The molecule has 0 saturated heterocycles. The average molecular weight is 177 g/mol. The Morgan fingerprint density at radius 2 is 2.09 bits per heavy atom. The molecule has 1 nitrogen and oxygen atoms in total. The maximum Gasteiger partial charge on any atom is 0.422 e. The summed E-state index contributed by atoms with van der Waals surface area (Å²) in [7, 11) is -3.85.